The van der Waals surface area contributed by atoms with Crippen LogP contribution >= 0.6 is 0 Å². The first-order valence-electron chi connectivity index (χ1n) is 8.25. The summed E-state index contributed by atoms with van der Waals surface area (Å²) in [5.41, 5.74) is 0.953. The number of carbonyl (C=O) groups excluding carboxylic acids is 1. The average Bonchev–Trinajstić information content (AvgIpc) is 2.61. The third-order valence-electron chi connectivity index (χ3n) is 4.34. The smallest absolute Gasteiger partial charge is 0.312 e. The normalized spacial score (nSPS) is 14.8. The number of benzene rings is 2. The van der Waals surface area contributed by atoms with Crippen LogP contribution < -0.4 is 9.62 Å². The number of alkyl halides is 3. The van der Waals surface area contributed by atoms with Crippen LogP contribution in [0.15, 0.2) is 47.4 Å². The highest BCUT2D eigenvalue weighted by Crippen LogP contribution is 2.32. The maximum atomic E-state index is 12.6. The molecular formula is C18H17F3N2O3S. The Morgan fingerprint density at radius 2 is 1.74 bits per heavy atom. The molecule has 2 aromatic rings. The lowest BCUT2D eigenvalue weighted by atomic mass is 10.0. The summed E-state index contributed by atoms with van der Waals surface area (Å²) in [5, 5.41) is 0. The number of aryl methyl sites for hydroxylation is 1. The number of hydrogen-bond acceptors (Lipinski definition) is 3. The SMILES string of the molecule is CCN1C(=O)CCc2cc(NS(=O)(=O)c3ccc(C(F)(F)F)cc3)ccc21. The molecule has 3 rings (SSSR count). The van der Waals surface area contributed by atoms with E-state index in [0.717, 1.165) is 35.5 Å². The van der Waals surface area contributed by atoms with Gasteiger partial charge in [0.2, 0.25) is 5.91 Å². The first-order valence-corrected chi connectivity index (χ1v) is 9.73. The number of rotatable bonds is 4. The second-order valence-electron chi connectivity index (χ2n) is 6.11. The van der Waals surface area contributed by atoms with E-state index in [9.17, 15) is 26.4 Å². The first-order chi connectivity index (χ1) is 12.6. The van der Waals surface area contributed by atoms with E-state index in [1.54, 1.807) is 17.0 Å². The van der Waals surface area contributed by atoms with Gasteiger partial charge in [0.1, 0.15) is 0 Å². The van der Waals surface area contributed by atoms with E-state index in [0.29, 0.717) is 25.1 Å². The Balaban J connectivity index is 1.85. The Kier molecular flexibility index (Phi) is 4.90. The van der Waals surface area contributed by atoms with Crippen molar-refractivity contribution in [3.05, 3.63) is 53.6 Å². The van der Waals surface area contributed by atoms with Crippen molar-refractivity contribution in [1.29, 1.82) is 0 Å². The van der Waals surface area contributed by atoms with Crippen molar-refractivity contribution in [3.8, 4) is 0 Å². The van der Waals surface area contributed by atoms with Gasteiger partial charge in [-0.2, -0.15) is 13.2 Å². The number of anilines is 2. The molecule has 0 saturated carbocycles. The Morgan fingerprint density at radius 3 is 2.33 bits per heavy atom. The standard InChI is InChI=1S/C18H17F3N2O3S/c1-2-23-16-9-6-14(11-12(16)3-10-17(23)24)22-27(25,26)15-7-4-13(5-8-15)18(19,20)21/h4-9,11,22H,2-3,10H2,1H3. The van der Waals surface area contributed by atoms with Gasteiger partial charge >= 0.3 is 6.18 Å². The predicted molar refractivity (Wildman–Crippen MR) is 95.0 cm³/mol. The van der Waals surface area contributed by atoms with Crippen LogP contribution in [0.3, 0.4) is 0 Å². The second kappa shape index (κ2) is 6.88. The third kappa shape index (κ3) is 3.92. The van der Waals surface area contributed by atoms with Crippen LogP contribution in [0.4, 0.5) is 24.5 Å². The fraction of sp³-hybridized carbons (Fsp3) is 0.278. The molecule has 0 fully saturated rings. The van der Waals surface area contributed by atoms with E-state index in [1.807, 2.05) is 6.92 Å². The van der Waals surface area contributed by atoms with Crippen molar-refractivity contribution >= 4 is 27.3 Å². The maximum Gasteiger partial charge on any atom is 0.416 e. The van der Waals surface area contributed by atoms with Gasteiger partial charge in [-0.15, -0.1) is 0 Å². The predicted octanol–water partition coefficient (Wildman–Crippen LogP) is 3.81. The van der Waals surface area contributed by atoms with Gasteiger partial charge in [-0.25, -0.2) is 8.42 Å². The van der Waals surface area contributed by atoms with Gasteiger partial charge in [-0.3, -0.25) is 9.52 Å². The topological polar surface area (TPSA) is 66.5 Å². The molecule has 1 amide bonds. The summed E-state index contributed by atoms with van der Waals surface area (Å²) in [6.07, 6.45) is -3.69. The zero-order valence-electron chi connectivity index (χ0n) is 14.4. The van der Waals surface area contributed by atoms with Crippen LogP contribution in [-0.2, 0) is 27.4 Å². The fourth-order valence-corrected chi connectivity index (χ4v) is 4.06. The van der Waals surface area contributed by atoms with Gasteiger partial charge in [-0.05, 0) is 61.4 Å². The molecule has 9 heteroatoms. The van der Waals surface area contributed by atoms with Crippen LogP contribution in [-0.4, -0.2) is 20.9 Å². The third-order valence-corrected chi connectivity index (χ3v) is 5.74. The van der Waals surface area contributed by atoms with Gasteiger partial charge in [0.25, 0.3) is 10.0 Å². The molecule has 0 radical (unpaired) electrons. The number of sulfonamides is 1. The summed E-state index contributed by atoms with van der Waals surface area (Å²) in [4.78, 5) is 13.3. The number of halogens is 3. The van der Waals surface area contributed by atoms with E-state index < -0.39 is 21.8 Å². The largest absolute Gasteiger partial charge is 0.416 e. The van der Waals surface area contributed by atoms with Crippen molar-refractivity contribution < 1.29 is 26.4 Å². The number of amides is 1. The summed E-state index contributed by atoms with van der Waals surface area (Å²) in [5.74, 6) is 0.0167. The molecular weight excluding hydrogens is 381 g/mol. The Hall–Kier alpha value is -2.55. The van der Waals surface area contributed by atoms with Crippen LogP contribution in [0.5, 0.6) is 0 Å². The van der Waals surface area contributed by atoms with E-state index in [2.05, 4.69) is 4.72 Å². The highest BCUT2D eigenvalue weighted by molar-refractivity contribution is 7.92. The average molecular weight is 398 g/mol. The van der Waals surface area contributed by atoms with Crippen LogP contribution in [0.25, 0.3) is 0 Å². The Labute approximate surface area is 154 Å². The van der Waals surface area contributed by atoms with E-state index in [-0.39, 0.29) is 10.8 Å². The Bertz CT molecular complexity index is 970. The van der Waals surface area contributed by atoms with Gasteiger partial charge in [0.05, 0.1) is 10.5 Å². The molecule has 27 heavy (non-hydrogen) atoms. The molecule has 0 aliphatic carbocycles. The zero-order chi connectivity index (χ0) is 19.8. The van der Waals surface area contributed by atoms with Crippen molar-refractivity contribution in [2.24, 2.45) is 0 Å². The number of hydrogen-bond donors (Lipinski definition) is 1. The van der Waals surface area contributed by atoms with Crippen LogP contribution in [0.2, 0.25) is 0 Å². The highest BCUT2D eigenvalue weighted by atomic mass is 32.2. The summed E-state index contributed by atoms with van der Waals surface area (Å²) >= 11 is 0. The van der Waals surface area contributed by atoms with Crippen LogP contribution in [0, 0.1) is 0 Å². The van der Waals surface area contributed by atoms with E-state index >= 15 is 0 Å². The molecule has 0 aromatic heterocycles. The lowest BCUT2D eigenvalue weighted by Crippen LogP contribution is -2.34. The number of carbonyl (C=O) groups is 1. The minimum atomic E-state index is -4.53. The molecule has 0 saturated heterocycles. The summed E-state index contributed by atoms with van der Waals surface area (Å²) in [7, 11) is -4.03. The molecule has 0 atom stereocenters. The fourth-order valence-electron chi connectivity index (χ4n) is 3.01. The highest BCUT2D eigenvalue weighted by Gasteiger charge is 2.30. The van der Waals surface area contributed by atoms with Gasteiger partial charge < -0.3 is 4.90 Å². The molecule has 0 bridgehead atoms. The molecule has 1 aliphatic heterocycles. The molecule has 144 valence electrons. The summed E-state index contributed by atoms with van der Waals surface area (Å²) in [6, 6.07) is 8.13. The summed E-state index contributed by atoms with van der Waals surface area (Å²) in [6.45, 7) is 2.37. The molecule has 1 N–H and O–H groups in total. The number of fused-ring (bicyclic) bond motifs is 1. The van der Waals surface area contributed by atoms with Gasteiger partial charge in [-0.1, -0.05) is 0 Å². The summed E-state index contributed by atoms with van der Waals surface area (Å²) < 4.78 is 65.1. The minimum absolute atomic E-state index is 0.0167. The molecule has 0 spiro atoms. The monoisotopic (exact) mass is 398 g/mol. The molecule has 0 unspecified atom stereocenters. The van der Waals surface area contributed by atoms with Gasteiger partial charge in [0, 0.05) is 24.3 Å². The maximum absolute atomic E-state index is 12.6. The van der Waals surface area contributed by atoms with Crippen molar-refractivity contribution in [1.82, 2.24) is 0 Å². The van der Waals surface area contributed by atoms with E-state index in [4.69, 9.17) is 0 Å². The van der Waals surface area contributed by atoms with Crippen molar-refractivity contribution in [3.63, 3.8) is 0 Å². The van der Waals surface area contributed by atoms with Gasteiger partial charge in [0.15, 0.2) is 0 Å². The van der Waals surface area contributed by atoms with Crippen molar-refractivity contribution in [2.45, 2.75) is 30.8 Å². The quantitative estimate of drug-likeness (QED) is 0.852. The minimum Gasteiger partial charge on any atom is -0.312 e. The first kappa shape index (κ1) is 19.2. The molecule has 1 heterocycles. The number of nitrogens with zero attached hydrogens (tertiary/aromatic N) is 1. The molecule has 1 aliphatic rings. The number of nitrogens with one attached hydrogen (secondary N) is 1. The lowest BCUT2D eigenvalue weighted by molar-refractivity contribution is -0.137. The second-order valence-corrected chi connectivity index (χ2v) is 7.79. The van der Waals surface area contributed by atoms with Crippen molar-refractivity contribution in [2.75, 3.05) is 16.2 Å². The molecule has 5 nitrogen and oxygen atoms in total. The lowest BCUT2D eigenvalue weighted by Gasteiger charge is -2.28. The zero-order valence-corrected chi connectivity index (χ0v) is 15.2. The molecule has 2 aromatic carbocycles. The van der Waals surface area contributed by atoms with Crippen LogP contribution in [0.1, 0.15) is 24.5 Å². The Morgan fingerprint density at radius 1 is 1.07 bits per heavy atom. The van der Waals surface area contributed by atoms with E-state index in [1.165, 1.54) is 6.07 Å².